The smallest absolute Gasteiger partial charge is 0.241 e. The number of nitrogens with two attached hydrogens (primary N) is 1. The van der Waals surface area contributed by atoms with Crippen LogP contribution in [0.1, 0.15) is 5.56 Å². The summed E-state index contributed by atoms with van der Waals surface area (Å²) < 4.78 is 28.2. The van der Waals surface area contributed by atoms with Gasteiger partial charge < -0.3 is 10.6 Å². The molecule has 0 bridgehead atoms. The van der Waals surface area contributed by atoms with E-state index in [0.717, 1.165) is 16.6 Å². The number of anilines is 2. The lowest BCUT2D eigenvalue weighted by Gasteiger charge is -2.13. The maximum Gasteiger partial charge on any atom is 0.241 e. The fraction of sp³-hybridized carbons (Fsp3) is 0.158. The van der Waals surface area contributed by atoms with E-state index in [1.165, 1.54) is 0 Å². The molecule has 0 unspecified atom stereocenters. The second-order valence-electron chi connectivity index (χ2n) is 6.08. The third kappa shape index (κ3) is 5.05. The number of benzene rings is 3. The molecule has 0 saturated carbocycles. The molecule has 0 saturated heterocycles. The molecule has 0 atom stereocenters. The quantitative estimate of drug-likeness (QED) is 0.606. The average molecular weight is 428 g/mol. The Hall–Kier alpha value is -1.99. The Bertz CT molecular complexity index is 1010. The molecule has 0 aromatic heterocycles. The first-order valence-corrected chi connectivity index (χ1v) is 9.40. The molecular weight excluding hydrogens is 405 g/mol. The number of sulfonamides is 1. The summed E-state index contributed by atoms with van der Waals surface area (Å²) in [5.41, 5.74) is 8.48. The van der Waals surface area contributed by atoms with Gasteiger partial charge in [-0.05, 0) is 29.8 Å². The van der Waals surface area contributed by atoms with Crippen LogP contribution in [0.2, 0.25) is 0 Å². The Kier molecular flexibility index (Phi) is 7.92. The molecule has 3 aromatic rings. The molecule has 5 nitrogen and oxygen atoms in total. The highest BCUT2D eigenvalue weighted by Crippen LogP contribution is 2.27. The second-order valence-corrected chi connectivity index (χ2v) is 7.82. The summed E-state index contributed by atoms with van der Waals surface area (Å²) in [5.74, 6) is 0. The fourth-order valence-electron chi connectivity index (χ4n) is 2.71. The van der Waals surface area contributed by atoms with Crippen molar-refractivity contribution in [3.8, 4) is 0 Å². The van der Waals surface area contributed by atoms with E-state index in [0.29, 0.717) is 11.1 Å². The van der Waals surface area contributed by atoms with Gasteiger partial charge in [0.25, 0.3) is 0 Å². The highest BCUT2D eigenvalue weighted by atomic mass is 35.5. The van der Waals surface area contributed by atoms with Gasteiger partial charge in [-0.25, -0.2) is 13.1 Å². The topological polar surface area (TPSA) is 75.4 Å². The van der Waals surface area contributed by atoms with Gasteiger partial charge in [0.1, 0.15) is 0 Å². The number of fused-ring (bicyclic) bond motifs is 1. The SMILES string of the molecule is CN(C)c1ccc(CNS(=O)(=O)c2cccc3c(N)cccc23)cc1.Cl.Cl. The monoisotopic (exact) mass is 427 g/mol. The van der Waals surface area contributed by atoms with Crippen molar-refractivity contribution in [2.24, 2.45) is 0 Å². The zero-order valence-electron chi connectivity index (χ0n) is 15.0. The van der Waals surface area contributed by atoms with E-state index in [9.17, 15) is 8.42 Å². The number of rotatable bonds is 5. The molecule has 3 aromatic carbocycles. The number of nitrogen functional groups attached to an aromatic ring is 1. The normalized spacial score (nSPS) is 10.7. The Balaban J connectivity index is 0.00000182. The van der Waals surface area contributed by atoms with Crippen LogP contribution in [0.4, 0.5) is 11.4 Å². The molecule has 3 rings (SSSR count). The number of halogens is 2. The van der Waals surface area contributed by atoms with Gasteiger partial charge in [0, 0.05) is 42.8 Å². The molecule has 3 N–H and O–H groups in total. The molecule has 0 spiro atoms. The maximum absolute atomic E-state index is 12.7. The van der Waals surface area contributed by atoms with Gasteiger partial charge in [0.15, 0.2) is 0 Å². The lowest BCUT2D eigenvalue weighted by Crippen LogP contribution is -2.23. The van der Waals surface area contributed by atoms with Crippen LogP contribution in [0.3, 0.4) is 0 Å². The first-order chi connectivity index (χ1) is 11.9. The van der Waals surface area contributed by atoms with E-state index < -0.39 is 10.0 Å². The van der Waals surface area contributed by atoms with Gasteiger partial charge in [-0.1, -0.05) is 36.4 Å². The van der Waals surface area contributed by atoms with E-state index in [2.05, 4.69) is 4.72 Å². The van der Waals surface area contributed by atoms with Crippen molar-refractivity contribution in [1.82, 2.24) is 4.72 Å². The summed E-state index contributed by atoms with van der Waals surface area (Å²) in [4.78, 5) is 2.23. The minimum Gasteiger partial charge on any atom is -0.398 e. The molecule has 0 fully saturated rings. The van der Waals surface area contributed by atoms with E-state index in [4.69, 9.17) is 5.73 Å². The summed E-state index contributed by atoms with van der Waals surface area (Å²) >= 11 is 0. The Morgan fingerprint density at radius 3 is 2.11 bits per heavy atom. The first kappa shape index (κ1) is 23.0. The van der Waals surface area contributed by atoms with Gasteiger partial charge in [-0.2, -0.15) is 0 Å². The third-order valence-electron chi connectivity index (χ3n) is 4.12. The van der Waals surface area contributed by atoms with E-state index in [1.807, 2.05) is 49.3 Å². The Morgan fingerprint density at radius 2 is 1.48 bits per heavy atom. The molecule has 0 aliphatic rings. The zero-order valence-corrected chi connectivity index (χ0v) is 17.5. The molecule has 27 heavy (non-hydrogen) atoms. The van der Waals surface area contributed by atoms with Crippen LogP contribution in [-0.2, 0) is 16.6 Å². The minimum absolute atomic E-state index is 0. The maximum atomic E-state index is 12.7. The molecule has 0 amide bonds. The van der Waals surface area contributed by atoms with Crippen LogP contribution in [0, 0.1) is 0 Å². The van der Waals surface area contributed by atoms with Crippen molar-refractivity contribution < 1.29 is 8.42 Å². The highest BCUT2D eigenvalue weighted by molar-refractivity contribution is 7.89. The standard InChI is InChI=1S/C19H21N3O2S.2ClH/c1-22(2)15-11-9-14(10-12-15)13-21-25(23,24)19-8-4-5-16-17(19)6-3-7-18(16)20;;/h3-12,21H,13,20H2,1-2H3;2*1H. The Morgan fingerprint density at radius 1 is 0.889 bits per heavy atom. The molecule has 0 aliphatic heterocycles. The zero-order chi connectivity index (χ0) is 18.0. The summed E-state index contributed by atoms with van der Waals surface area (Å²) in [6, 6.07) is 18.2. The van der Waals surface area contributed by atoms with Gasteiger partial charge in [-0.15, -0.1) is 24.8 Å². The van der Waals surface area contributed by atoms with Crippen molar-refractivity contribution in [1.29, 1.82) is 0 Å². The largest absolute Gasteiger partial charge is 0.398 e. The van der Waals surface area contributed by atoms with Gasteiger partial charge in [0.2, 0.25) is 10.0 Å². The lowest BCUT2D eigenvalue weighted by molar-refractivity contribution is 0.582. The average Bonchev–Trinajstić information content (AvgIpc) is 2.60. The van der Waals surface area contributed by atoms with Gasteiger partial charge >= 0.3 is 0 Å². The van der Waals surface area contributed by atoms with Crippen molar-refractivity contribution >= 4 is 57.0 Å². The fourth-order valence-corrected chi connectivity index (χ4v) is 3.95. The number of hydrogen-bond acceptors (Lipinski definition) is 4. The highest BCUT2D eigenvalue weighted by Gasteiger charge is 2.17. The van der Waals surface area contributed by atoms with Crippen molar-refractivity contribution in [3.05, 3.63) is 66.2 Å². The van der Waals surface area contributed by atoms with Crippen molar-refractivity contribution in [2.45, 2.75) is 11.4 Å². The molecule has 0 aliphatic carbocycles. The van der Waals surface area contributed by atoms with Gasteiger partial charge in [0.05, 0.1) is 4.90 Å². The molecule has 146 valence electrons. The number of nitrogens with one attached hydrogen (secondary N) is 1. The van der Waals surface area contributed by atoms with Crippen molar-refractivity contribution in [3.63, 3.8) is 0 Å². The summed E-state index contributed by atoms with van der Waals surface area (Å²) in [5, 5.41) is 1.36. The van der Waals surface area contributed by atoms with Crippen molar-refractivity contribution in [2.75, 3.05) is 24.7 Å². The van der Waals surface area contributed by atoms with Crippen LogP contribution in [0.5, 0.6) is 0 Å². The minimum atomic E-state index is -3.64. The summed E-state index contributed by atoms with van der Waals surface area (Å²) in [7, 11) is 0.280. The third-order valence-corrected chi connectivity index (χ3v) is 5.58. The van der Waals surface area contributed by atoms with Crippen LogP contribution in [0.25, 0.3) is 10.8 Å². The number of hydrogen-bond donors (Lipinski definition) is 2. The Labute approximate surface area is 172 Å². The van der Waals surface area contributed by atoms with E-state index in [1.54, 1.807) is 30.3 Å². The van der Waals surface area contributed by atoms with E-state index in [-0.39, 0.29) is 36.3 Å². The van der Waals surface area contributed by atoms with Crippen LogP contribution in [0.15, 0.2) is 65.6 Å². The first-order valence-electron chi connectivity index (χ1n) is 7.91. The second kappa shape index (κ2) is 9.28. The van der Waals surface area contributed by atoms with Crippen LogP contribution >= 0.6 is 24.8 Å². The number of nitrogens with zero attached hydrogens (tertiary/aromatic N) is 1. The summed E-state index contributed by atoms with van der Waals surface area (Å²) in [6.45, 7) is 0.231. The lowest BCUT2D eigenvalue weighted by atomic mass is 10.1. The summed E-state index contributed by atoms with van der Waals surface area (Å²) in [6.07, 6.45) is 0. The predicted octanol–water partition coefficient (Wildman–Crippen LogP) is 3.81. The van der Waals surface area contributed by atoms with Crippen LogP contribution in [-0.4, -0.2) is 22.5 Å². The van der Waals surface area contributed by atoms with E-state index >= 15 is 0 Å². The molecular formula is C19H23Cl2N3O2S. The molecule has 8 heteroatoms. The molecule has 0 radical (unpaired) electrons. The van der Waals surface area contributed by atoms with Crippen LogP contribution < -0.4 is 15.4 Å². The van der Waals surface area contributed by atoms with Gasteiger partial charge in [-0.3, -0.25) is 0 Å². The predicted molar refractivity (Wildman–Crippen MR) is 118 cm³/mol. The molecule has 0 heterocycles.